The van der Waals surface area contributed by atoms with Crippen LogP contribution in [0.15, 0.2) is 182 Å². The zero-order valence-electron chi connectivity index (χ0n) is 40.3. The van der Waals surface area contributed by atoms with Gasteiger partial charge in [-0.1, -0.05) is 222 Å². The third-order valence-electron chi connectivity index (χ3n) is 14.8. The van der Waals surface area contributed by atoms with Crippen molar-refractivity contribution in [2.45, 2.75) is 97.8 Å². The molecule has 2 aliphatic rings. The second-order valence-electron chi connectivity index (χ2n) is 22.2. The zero-order chi connectivity index (χ0) is 45.7. The SMILES string of the molecule is CC(C)(C)c1ccc2c(c1)C(c1ccccc1)(C(C)(C)C)c1c(-c3cccc(N(c4ccc(-c5ccccc5)cc4)c4ccc5c(c4)C(C)(C)c4ccccc4-5)c3)ccc(C(C)(C)C)c1-2. The van der Waals surface area contributed by atoms with E-state index in [-0.39, 0.29) is 21.7 Å². The van der Waals surface area contributed by atoms with E-state index in [1.807, 2.05) is 0 Å². The molecule has 0 bridgehead atoms. The van der Waals surface area contributed by atoms with Crippen LogP contribution in [0, 0.1) is 5.41 Å². The maximum atomic E-state index is 2.56. The Morgan fingerprint density at radius 2 is 0.954 bits per heavy atom. The van der Waals surface area contributed by atoms with Crippen LogP contribution in [-0.4, -0.2) is 0 Å². The van der Waals surface area contributed by atoms with Gasteiger partial charge in [-0.2, -0.15) is 0 Å². The highest BCUT2D eigenvalue weighted by Gasteiger charge is 2.55. The fourth-order valence-corrected chi connectivity index (χ4v) is 11.5. The van der Waals surface area contributed by atoms with Crippen LogP contribution in [0.1, 0.15) is 115 Å². The first-order valence-electron chi connectivity index (χ1n) is 23.6. The molecular weight excluding hydrogens is 783 g/mol. The topological polar surface area (TPSA) is 3.24 Å². The number of fused-ring (bicyclic) bond motifs is 6. The summed E-state index contributed by atoms with van der Waals surface area (Å²) in [5.41, 5.74) is 22.5. The molecule has 1 heteroatoms. The van der Waals surface area contributed by atoms with Gasteiger partial charge >= 0.3 is 0 Å². The largest absolute Gasteiger partial charge is 0.310 e. The monoisotopic (exact) mass is 845 g/mol. The summed E-state index contributed by atoms with van der Waals surface area (Å²) in [6, 6.07) is 68.9. The van der Waals surface area contributed by atoms with E-state index in [4.69, 9.17) is 0 Å². The van der Waals surface area contributed by atoms with Gasteiger partial charge in [0.25, 0.3) is 0 Å². The quantitative estimate of drug-likeness (QED) is 0.161. The molecule has 0 aliphatic heterocycles. The molecule has 2 aliphatic carbocycles. The Bertz CT molecular complexity index is 3090. The van der Waals surface area contributed by atoms with Crippen LogP contribution in [0.5, 0.6) is 0 Å². The minimum absolute atomic E-state index is 0.00749. The molecule has 0 amide bonds. The first-order chi connectivity index (χ1) is 30.9. The molecule has 8 aromatic carbocycles. The normalized spacial score (nSPS) is 16.1. The van der Waals surface area contributed by atoms with Crippen molar-refractivity contribution >= 4 is 17.1 Å². The van der Waals surface area contributed by atoms with Gasteiger partial charge in [-0.05, 0) is 136 Å². The molecule has 1 atom stereocenters. The van der Waals surface area contributed by atoms with Crippen LogP contribution in [-0.2, 0) is 21.7 Å². The number of anilines is 3. The van der Waals surface area contributed by atoms with Gasteiger partial charge in [0, 0.05) is 22.5 Å². The Balaban J connectivity index is 1.23. The van der Waals surface area contributed by atoms with Gasteiger partial charge in [0.2, 0.25) is 0 Å². The maximum Gasteiger partial charge on any atom is 0.0518 e. The minimum atomic E-state index is -0.444. The fourth-order valence-electron chi connectivity index (χ4n) is 11.5. The molecule has 1 nitrogen and oxygen atoms in total. The number of nitrogens with zero attached hydrogens (tertiary/aromatic N) is 1. The first-order valence-corrected chi connectivity index (χ1v) is 23.6. The average molecular weight is 846 g/mol. The Hall–Kier alpha value is -6.44. The average Bonchev–Trinajstić information content (AvgIpc) is 3.72. The van der Waals surface area contributed by atoms with Gasteiger partial charge in [-0.25, -0.2) is 0 Å². The van der Waals surface area contributed by atoms with Crippen molar-refractivity contribution in [1.29, 1.82) is 0 Å². The zero-order valence-corrected chi connectivity index (χ0v) is 40.3. The molecule has 0 saturated carbocycles. The van der Waals surface area contributed by atoms with Gasteiger partial charge in [-0.15, -0.1) is 0 Å². The van der Waals surface area contributed by atoms with Crippen LogP contribution >= 0.6 is 0 Å². The molecular formula is C64H63N. The van der Waals surface area contributed by atoms with E-state index in [1.54, 1.807) is 0 Å². The van der Waals surface area contributed by atoms with Gasteiger partial charge in [-0.3, -0.25) is 0 Å². The lowest BCUT2D eigenvalue weighted by atomic mass is 9.56. The van der Waals surface area contributed by atoms with Crippen molar-refractivity contribution in [3.8, 4) is 44.5 Å². The lowest BCUT2D eigenvalue weighted by Gasteiger charge is -2.46. The van der Waals surface area contributed by atoms with E-state index in [1.165, 1.54) is 83.5 Å². The summed E-state index contributed by atoms with van der Waals surface area (Å²) in [7, 11) is 0. The lowest BCUT2D eigenvalue weighted by molar-refractivity contribution is 0.278. The van der Waals surface area contributed by atoms with E-state index in [9.17, 15) is 0 Å². The Morgan fingerprint density at radius 3 is 1.63 bits per heavy atom. The fraction of sp³-hybridized carbons (Fsp3) is 0.250. The van der Waals surface area contributed by atoms with Gasteiger partial charge in [0.1, 0.15) is 0 Å². The molecule has 0 spiro atoms. The predicted octanol–water partition coefficient (Wildman–Crippen LogP) is 17.8. The van der Waals surface area contributed by atoms with Crippen molar-refractivity contribution in [3.63, 3.8) is 0 Å². The highest BCUT2D eigenvalue weighted by molar-refractivity contribution is 5.95. The molecule has 0 saturated heterocycles. The second-order valence-corrected chi connectivity index (χ2v) is 22.2. The van der Waals surface area contributed by atoms with Crippen LogP contribution in [0.4, 0.5) is 17.1 Å². The second kappa shape index (κ2) is 15.1. The smallest absolute Gasteiger partial charge is 0.0518 e. The predicted molar refractivity (Wildman–Crippen MR) is 278 cm³/mol. The van der Waals surface area contributed by atoms with Crippen LogP contribution in [0.3, 0.4) is 0 Å². The van der Waals surface area contributed by atoms with Crippen molar-refractivity contribution in [2.24, 2.45) is 5.41 Å². The summed E-state index contributed by atoms with van der Waals surface area (Å²) >= 11 is 0. The Morgan fingerprint density at radius 1 is 0.385 bits per heavy atom. The molecule has 8 aromatic rings. The Kier molecular flexibility index (Phi) is 9.85. The highest BCUT2D eigenvalue weighted by atomic mass is 15.1. The summed E-state index contributed by atoms with van der Waals surface area (Å²) in [6.07, 6.45) is 0. The highest BCUT2D eigenvalue weighted by Crippen LogP contribution is 2.64. The summed E-state index contributed by atoms with van der Waals surface area (Å²) in [5.74, 6) is 0. The van der Waals surface area contributed by atoms with Crippen LogP contribution in [0.2, 0.25) is 0 Å². The number of hydrogen-bond donors (Lipinski definition) is 0. The van der Waals surface area contributed by atoms with Crippen molar-refractivity contribution in [3.05, 3.63) is 221 Å². The standard InChI is InChI=1S/C64H63N/c1-60(2,3)46-31-35-53-57(40-46)64(62(7,8)9,45-24-16-13-17-25-45)59-50(37-38-55(58(53)59)61(4,5)6)44-23-20-26-48(39-44)65(47-32-29-43(30-33-47)42-21-14-12-15-22-42)49-34-36-52-51-27-18-19-28-54(51)63(10,11)56(52)41-49/h12-41H,1-11H3. The molecule has 0 heterocycles. The van der Waals surface area contributed by atoms with E-state index >= 15 is 0 Å². The van der Waals surface area contributed by atoms with Crippen LogP contribution in [0.25, 0.3) is 44.5 Å². The maximum absolute atomic E-state index is 2.56. The lowest BCUT2D eigenvalue weighted by Crippen LogP contribution is -2.41. The molecule has 0 fully saturated rings. The molecule has 65 heavy (non-hydrogen) atoms. The minimum Gasteiger partial charge on any atom is -0.310 e. The van der Waals surface area contributed by atoms with Gasteiger partial charge < -0.3 is 4.90 Å². The Labute approximate surface area is 388 Å². The third kappa shape index (κ3) is 6.72. The number of benzene rings is 8. The summed E-state index contributed by atoms with van der Waals surface area (Å²) in [5, 5.41) is 0. The number of rotatable bonds is 6. The summed E-state index contributed by atoms with van der Waals surface area (Å²) < 4.78 is 0. The molecule has 0 aromatic heterocycles. The van der Waals surface area contributed by atoms with Crippen molar-refractivity contribution < 1.29 is 0 Å². The van der Waals surface area contributed by atoms with Crippen molar-refractivity contribution in [2.75, 3.05) is 4.90 Å². The summed E-state index contributed by atoms with van der Waals surface area (Å²) in [6.45, 7) is 26.3. The van der Waals surface area contributed by atoms with Crippen molar-refractivity contribution in [1.82, 2.24) is 0 Å². The third-order valence-corrected chi connectivity index (χ3v) is 14.8. The van der Waals surface area contributed by atoms with E-state index in [0.29, 0.717) is 0 Å². The number of hydrogen-bond acceptors (Lipinski definition) is 1. The van der Waals surface area contributed by atoms with Crippen LogP contribution < -0.4 is 4.90 Å². The van der Waals surface area contributed by atoms with Gasteiger partial charge in [0.05, 0.1) is 5.41 Å². The molecule has 324 valence electrons. The molecule has 1 unspecified atom stereocenters. The van der Waals surface area contributed by atoms with E-state index in [0.717, 1.165) is 17.1 Å². The molecule has 0 radical (unpaired) electrons. The van der Waals surface area contributed by atoms with Gasteiger partial charge in [0.15, 0.2) is 0 Å². The molecule has 10 rings (SSSR count). The van der Waals surface area contributed by atoms with E-state index < -0.39 is 5.41 Å². The van der Waals surface area contributed by atoms with E-state index in [2.05, 4.69) is 263 Å². The summed E-state index contributed by atoms with van der Waals surface area (Å²) in [4.78, 5) is 2.47. The molecule has 0 N–H and O–H groups in total. The first kappa shape index (κ1) is 42.5.